The Bertz CT molecular complexity index is 880. The zero-order valence-corrected chi connectivity index (χ0v) is 16.1. The van der Waals surface area contributed by atoms with Gasteiger partial charge >= 0.3 is 0 Å². The molecular weight excluding hydrogens is 362 g/mol. The summed E-state index contributed by atoms with van der Waals surface area (Å²) in [6, 6.07) is 10.7. The van der Waals surface area contributed by atoms with Crippen molar-refractivity contribution in [2.24, 2.45) is 0 Å². The lowest BCUT2D eigenvalue weighted by Gasteiger charge is -2.14. The van der Waals surface area contributed by atoms with Gasteiger partial charge in [0.15, 0.2) is 5.78 Å². The third-order valence-electron chi connectivity index (χ3n) is 4.14. The van der Waals surface area contributed by atoms with E-state index in [-0.39, 0.29) is 28.3 Å². The molecule has 0 heterocycles. The number of amides is 1. The Morgan fingerprint density at radius 1 is 1.14 bits per heavy atom. The largest absolute Gasteiger partial charge is 0.385 e. The van der Waals surface area contributed by atoms with Gasteiger partial charge in [0.05, 0.1) is 10.5 Å². The van der Waals surface area contributed by atoms with Gasteiger partial charge < -0.3 is 15.0 Å². The Labute approximate surface area is 163 Å². The Balaban J connectivity index is 2.33. The molecule has 2 aromatic rings. The predicted molar refractivity (Wildman–Crippen MR) is 106 cm³/mol. The number of nitro benzene ring substituents is 1. The second-order valence-corrected chi connectivity index (χ2v) is 6.33. The molecule has 0 radical (unpaired) electrons. The number of nitrogens with zero attached hydrogens (tertiary/aromatic N) is 2. The first-order valence-corrected chi connectivity index (χ1v) is 8.73. The molecule has 1 amide bonds. The highest BCUT2D eigenvalue weighted by atomic mass is 16.6. The van der Waals surface area contributed by atoms with Gasteiger partial charge in [0.1, 0.15) is 5.69 Å². The van der Waals surface area contributed by atoms with Crippen LogP contribution in [0.3, 0.4) is 0 Å². The zero-order valence-electron chi connectivity index (χ0n) is 16.1. The highest BCUT2D eigenvalue weighted by Crippen LogP contribution is 2.29. The minimum absolute atomic E-state index is 0.150. The van der Waals surface area contributed by atoms with Crippen molar-refractivity contribution in [1.82, 2.24) is 5.32 Å². The summed E-state index contributed by atoms with van der Waals surface area (Å²) in [5.41, 5.74) is 0.794. The fraction of sp³-hybridized carbons (Fsp3) is 0.300. The van der Waals surface area contributed by atoms with Gasteiger partial charge in [-0.25, -0.2) is 0 Å². The molecule has 2 rings (SSSR count). The van der Waals surface area contributed by atoms with E-state index in [1.165, 1.54) is 24.3 Å². The van der Waals surface area contributed by atoms with E-state index in [1.807, 2.05) is 0 Å². The number of ether oxygens (including phenoxy) is 1. The number of benzene rings is 2. The molecule has 2 aromatic carbocycles. The number of methoxy groups -OCH3 is 1. The average molecular weight is 385 g/mol. The standard InChI is InChI=1S/C20H23N3O5/c1-22(2)17-10-9-14(13-18(17)23(26)27)19(24)15-7-4-5-8-16(15)20(25)21-11-6-12-28-3/h4-5,7-10,13H,6,11-12H2,1-3H3,(H,21,25). The van der Waals surface area contributed by atoms with Crippen molar-refractivity contribution >= 4 is 23.1 Å². The van der Waals surface area contributed by atoms with Crippen LogP contribution in [-0.2, 0) is 4.74 Å². The number of ketones is 1. The van der Waals surface area contributed by atoms with E-state index >= 15 is 0 Å². The van der Waals surface area contributed by atoms with Crippen LogP contribution in [0.1, 0.15) is 32.7 Å². The van der Waals surface area contributed by atoms with Gasteiger partial charge in [-0.05, 0) is 24.6 Å². The number of carbonyl (C=O) groups excluding carboxylic acids is 2. The monoisotopic (exact) mass is 385 g/mol. The van der Waals surface area contributed by atoms with Crippen molar-refractivity contribution < 1.29 is 19.2 Å². The first kappa shape index (κ1) is 21.0. The number of rotatable bonds is 9. The fourth-order valence-electron chi connectivity index (χ4n) is 2.74. The maximum absolute atomic E-state index is 13.0. The van der Waals surface area contributed by atoms with Crippen LogP contribution in [0, 0.1) is 10.1 Å². The third-order valence-corrected chi connectivity index (χ3v) is 4.14. The van der Waals surface area contributed by atoms with Gasteiger partial charge in [0.2, 0.25) is 0 Å². The summed E-state index contributed by atoms with van der Waals surface area (Å²) in [4.78, 5) is 37.9. The van der Waals surface area contributed by atoms with Gasteiger partial charge in [-0.3, -0.25) is 19.7 Å². The third kappa shape index (κ3) is 4.92. The normalized spacial score (nSPS) is 10.4. The molecule has 0 saturated heterocycles. The summed E-state index contributed by atoms with van der Waals surface area (Å²) in [6.45, 7) is 0.931. The van der Waals surface area contributed by atoms with E-state index in [0.717, 1.165) is 0 Å². The molecule has 0 fully saturated rings. The van der Waals surface area contributed by atoms with Crippen molar-refractivity contribution in [3.05, 3.63) is 69.3 Å². The van der Waals surface area contributed by atoms with Gasteiger partial charge in [0.25, 0.3) is 11.6 Å². The molecule has 28 heavy (non-hydrogen) atoms. The lowest BCUT2D eigenvalue weighted by atomic mass is 9.97. The van der Waals surface area contributed by atoms with Gasteiger partial charge in [0, 0.05) is 51.6 Å². The molecule has 0 aliphatic rings. The number of hydrogen-bond donors (Lipinski definition) is 1. The molecular formula is C20H23N3O5. The molecule has 0 spiro atoms. The van der Waals surface area contributed by atoms with Crippen LogP contribution in [0.2, 0.25) is 0 Å². The second-order valence-electron chi connectivity index (χ2n) is 6.33. The lowest BCUT2D eigenvalue weighted by Crippen LogP contribution is -2.27. The Hall–Kier alpha value is -3.26. The Kier molecular flexibility index (Phi) is 7.22. The van der Waals surface area contributed by atoms with Crippen molar-refractivity contribution in [1.29, 1.82) is 0 Å². The van der Waals surface area contributed by atoms with Crippen LogP contribution >= 0.6 is 0 Å². The topological polar surface area (TPSA) is 102 Å². The molecule has 0 aliphatic heterocycles. The summed E-state index contributed by atoms with van der Waals surface area (Å²) in [6.07, 6.45) is 0.649. The second kappa shape index (κ2) is 9.61. The van der Waals surface area contributed by atoms with E-state index < -0.39 is 10.7 Å². The number of carbonyl (C=O) groups is 2. The van der Waals surface area contributed by atoms with E-state index in [4.69, 9.17) is 4.74 Å². The van der Waals surface area contributed by atoms with Crippen molar-refractivity contribution in [3.8, 4) is 0 Å². The van der Waals surface area contributed by atoms with Crippen LogP contribution in [0.15, 0.2) is 42.5 Å². The summed E-state index contributed by atoms with van der Waals surface area (Å²) >= 11 is 0. The maximum atomic E-state index is 13.0. The van der Waals surface area contributed by atoms with Crippen LogP contribution < -0.4 is 10.2 Å². The molecule has 0 aromatic heterocycles. The average Bonchev–Trinajstić information content (AvgIpc) is 2.69. The molecule has 8 heteroatoms. The SMILES string of the molecule is COCCCNC(=O)c1ccccc1C(=O)c1ccc(N(C)C)c([N+](=O)[O-])c1. The highest BCUT2D eigenvalue weighted by Gasteiger charge is 2.22. The molecule has 0 saturated carbocycles. The summed E-state index contributed by atoms with van der Waals surface area (Å²) < 4.78 is 4.94. The van der Waals surface area contributed by atoms with Crippen LogP contribution in [0.25, 0.3) is 0 Å². The molecule has 148 valence electrons. The first-order valence-electron chi connectivity index (χ1n) is 8.73. The van der Waals surface area contributed by atoms with Gasteiger partial charge in [-0.15, -0.1) is 0 Å². The van der Waals surface area contributed by atoms with Gasteiger partial charge in [-0.2, -0.15) is 0 Å². The van der Waals surface area contributed by atoms with Crippen molar-refractivity contribution in [2.75, 3.05) is 39.3 Å². The summed E-state index contributed by atoms with van der Waals surface area (Å²) in [7, 11) is 4.96. The summed E-state index contributed by atoms with van der Waals surface area (Å²) in [5.74, 6) is -0.824. The fourth-order valence-corrected chi connectivity index (χ4v) is 2.74. The minimum Gasteiger partial charge on any atom is -0.385 e. The number of nitrogens with one attached hydrogen (secondary N) is 1. The predicted octanol–water partition coefficient (Wildman–Crippen LogP) is 2.66. The van der Waals surface area contributed by atoms with E-state index in [1.54, 1.807) is 44.3 Å². The lowest BCUT2D eigenvalue weighted by molar-refractivity contribution is -0.384. The van der Waals surface area contributed by atoms with Crippen molar-refractivity contribution in [2.45, 2.75) is 6.42 Å². The number of nitro groups is 1. The molecule has 0 aliphatic carbocycles. The van der Waals surface area contributed by atoms with E-state index in [0.29, 0.717) is 25.3 Å². The molecule has 8 nitrogen and oxygen atoms in total. The van der Waals surface area contributed by atoms with E-state index in [2.05, 4.69) is 5.32 Å². The van der Waals surface area contributed by atoms with Crippen LogP contribution in [0.5, 0.6) is 0 Å². The van der Waals surface area contributed by atoms with Crippen LogP contribution in [-0.4, -0.2) is 51.0 Å². The van der Waals surface area contributed by atoms with Gasteiger partial charge in [-0.1, -0.05) is 18.2 Å². The molecule has 0 unspecified atom stereocenters. The zero-order chi connectivity index (χ0) is 20.7. The number of hydrogen-bond acceptors (Lipinski definition) is 6. The summed E-state index contributed by atoms with van der Waals surface area (Å²) in [5, 5.41) is 14.1. The number of anilines is 1. The maximum Gasteiger partial charge on any atom is 0.293 e. The van der Waals surface area contributed by atoms with Crippen LogP contribution in [0.4, 0.5) is 11.4 Å². The smallest absolute Gasteiger partial charge is 0.293 e. The molecule has 1 N–H and O–H groups in total. The first-order chi connectivity index (χ1) is 13.4. The van der Waals surface area contributed by atoms with E-state index in [9.17, 15) is 19.7 Å². The highest BCUT2D eigenvalue weighted by molar-refractivity contribution is 6.15. The Morgan fingerprint density at radius 2 is 1.82 bits per heavy atom. The van der Waals surface area contributed by atoms with Crippen molar-refractivity contribution in [3.63, 3.8) is 0 Å². The minimum atomic E-state index is -0.527. The molecule has 0 atom stereocenters. The molecule has 0 bridgehead atoms. The quantitative estimate of drug-likeness (QED) is 0.308. The Morgan fingerprint density at radius 3 is 2.43 bits per heavy atom.